The summed E-state index contributed by atoms with van der Waals surface area (Å²) in [5, 5.41) is 11.9. The topological polar surface area (TPSA) is 56.1 Å². The summed E-state index contributed by atoms with van der Waals surface area (Å²) < 4.78 is 0. The van der Waals surface area contributed by atoms with E-state index in [1.165, 1.54) is 0 Å². The minimum Gasteiger partial charge on any atom is -0.343 e. The number of hydrogen-bond donors (Lipinski definition) is 1. The monoisotopic (exact) mass is 209 g/mol. The van der Waals surface area contributed by atoms with E-state index in [2.05, 4.69) is 11.4 Å². The third-order valence-corrected chi connectivity index (χ3v) is 2.75. The summed E-state index contributed by atoms with van der Waals surface area (Å²) in [6.07, 6.45) is 3.19. The molecule has 1 rings (SSSR count). The number of amides is 1. The van der Waals surface area contributed by atoms with Gasteiger partial charge < -0.3 is 10.2 Å². The van der Waals surface area contributed by atoms with Crippen molar-refractivity contribution in [2.45, 2.75) is 32.2 Å². The molecule has 0 aromatic rings. The number of nitriles is 1. The zero-order valence-electron chi connectivity index (χ0n) is 9.49. The average Bonchev–Trinajstić information content (AvgIpc) is 2.29. The lowest BCUT2D eigenvalue weighted by Gasteiger charge is -2.27. The van der Waals surface area contributed by atoms with Crippen molar-refractivity contribution < 1.29 is 4.79 Å². The molecule has 1 fully saturated rings. The molecule has 4 nitrogen and oxygen atoms in total. The van der Waals surface area contributed by atoms with Crippen LogP contribution < -0.4 is 5.32 Å². The van der Waals surface area contributed by atoms with Crippen molar-refractivity contribution in [2.75, 3.05) is 20.1 Å². The Kier molecular flexibility index (Phi) is 4.57. The van der Waals surface area contributed by atoms with Gasteiger partial charge in [0, 0.05) is 13.6 Å². The van der Waals surface area contributed by atoms with Gasteiger partial charge in [0.25, 0.3) is 0 Å². The van der Waals surface area contributed by atoms with Crippen LogP contribution in [0.5, 0.6) is 0 Å². The quantitative estimate of drug-likeness (QED) is 0.746. The molecule has 0 aliphatic carbocycles. The molecule has 1 heterocycles. The van der Waals surface area contributed by atoms with Crippen molar-refractivity contribution in [1.29, 1.82) is 5.26 Å². The Labute approximate surface area is 91.2 Å². The van der Waals surface area contributed by atoms with Gasteiger partial charge in [-0.05, 0) is 26.3 Å². The summed E-state index contributed by atoms with van der Waals surface area (Å²) in [7, 11) is 1.77. The van der Waals surface area contributed by atoms with E-state index in [1.54, 1.807) is 11.9 Å². The number of carbonyl (C=O) groups excluding carboxylic acids is 1. The lowest BCUT2D eigenvalue weighted by molar-refractivity contribution is -0.133. The fraction of sp³-hybridized carbons (Fsp3) is 0.818. The van der Waals surface area contributed by atoms with E-state index < -0.39 is 0 Å². The lowest BCUT2D eigenvalue weighted by atomic mass is 10.0. The minimum absolute atomic E-state index is 0.0327. The van der Waals surface area contributed by atoms with Crippen LogP contribution >= 0.6 is 0 Å². The molecule has 0 aromatic carbocycles. The highest BCUT2D eigenvalue weighted by molar-refractivity contribution is 5.81. The van der Waals surface area contributed by atoms with Gasteiger partial charge in [-0.3, -0.25) is 4.79 Å². The van der Waals surface area contributed by atoms with Crippen molar-refractivity contribution >= 4 is 5.91 Å². The van der Waals surface area contributed by atoms with Crippen molar-refractivity contribution in [2.24, 2.45) is 5.92 Å². The van der Waals surface area contributed by atoms with Crippen molar-refractivity contribution in [1.82, 2.24) is 10.2 Å². The van der Waals surface area contributed by atoms with Gasteiger partial charge in [-0.15, -0.1) is 0 Å². The summed E-state index contributed by atoms with van der Waals surface area (Å²) in [6, 6.07) is 2.11. The first kappa shape index (κ1) is 12.0. The number of nitrogens with one attached hydrogen (secondary N) is 1. The van der Waals surface area contributed by atoms with Crippen molar-refractivity contribution in [3.05, 3.63) is 0 Å². The molecule has 1 saturated heterocycles. The Morgan fingerprint density at radius 3 is 2.93 bits per heavy atom. The molecule has 2 atom stereocenters. The van der Waals surface area contributed by atoms with Gasteiger partial charge in [0.05, 0.1) is 18.0 Å². The number of likely N-dealkylation sites (N-methyl/N-ethyl adjacent to an activating group) is 1. The first-order chi connectivity index (χ1) is 7.15. The number of hydrogen-bond acceptors (Lipinski definition) is 3. The predicted molar refractivity (Wildman–Crippen MR) is 58.1 cm³/mol. The molecule has 0 saturated carbocycles. The largest absolute Gasteiger partial charge is 0.343 e. The standard InChI is InChI=1S/C11H19N3O/c1-9(7-12)8-14(2)11(15)10-5-3-4-6-13-10/h9-10,13H,3-6,8H2,1-2H3/t9?,10-/m1/s1. The minimum atomic E-state index is -0.0949. The molecular formula is C11H19N3O. The molecule has 4 heteroatoms. The molecular weight excluding hydrogens is 190 g/mol. The Morgan fingerprint density at radius 2 is 2.40 bits per heavy atom. The van der Waals surface area contributed by atoms with E-state index in [4.69, 9.17) is 5.26 Å². The number of piperidine rings is 1. The summed E-state index contributed by atoms with van der Waals surface area (Å²) in [6.45, 7) is 3.28. The zero-order chi connectivity index (χ0) is 11.3. The molecule has 0 radical (unpaired) electrons. The fourth-order valence-electron chi connectivity index (χ4n) is 1.87. The van der Waals surface area contributed by atoms with E-state index in [1.807, 2.05) is 6.92 Å². The molecule has 1 aliphatic rings. The molecule has 1 aliphatic heterocycles. The van der Waals surface area contributed by atoms with Gasteiger partial charge in [0.2, 0.25) is 5.91 Å². The van der Waals surface area contributed by atoms with Crippen LogP contribution in [0.4, 0.5) is 0 Å². The molecule has 15 heavy (non-hydrogen) atoms. The average molecular weight is 209 g/mol. The van der Waals surface area contributed by atoms with E-state index in [9.17, 15) is 4.79 Å². The van der Waals surface area contributed by atoms with Gasteiger partial charge in [0.15, 0.2) is 0 Å². The van der Waals surface area contributed by atoms with Crippen LogP contribution in [-0.4, -0.2) is 37.0 Å². The van der Waals surface area contributed by atoms with Crippen LogP contribution in [0.3, 0.4) is 0 Å². The van der Waals surface area contributed by atoms with Gasteiger partial charge in [-0.1, -0.05) is 6.42 Å². The summed E-state index contributed by atoms with van der Waals surface area (Å²) in [4.78, 5) is 13.6. The van der Waals surface area contributed by atoms with E-state index in [0.29, 0.717) is 6.54 Å². The molecule has 0 bridgehead atoms. The SMILES string of the molecule is CC(C#N)CN(C)C(=O)[C@H]1CCCCN1. The van der Waals surface area contributed by atoms with Crippen LogP contribution in [0.2, 0.25) is 0 Å². The van der Waals surface area contributed by atoms with E-state index in [-0.39, 0.29) is 17.9 Å². The number of carbonyl (C=O) groups is 1. The predicted octanol–water partition coefficient (Wildman–Crippen LogP) is 0.747. The van der Waals surface area contributed by atoms with Gasteiger partial charge in [0.1, 0.15) is 0 Å². The second-order valence-electron chi connectivity index (χ2n) is 4.25. The van der Waals surface area contributed by atoms with E-state index >= 15 is 0 Å². The first-order valence-corrected chi connectivity index (χ1v) is 5.53. The van der Waals surface area contributed by atoms with Crippen LogP contribution in [0, 0.1) is 17.2 Å². The summed E-state index contributed by atoms with van der Waals surface area (Å²) in [5.41, 5.74) is 0. The smallest absolute Gasteiger partial charge is 0.239 e. The Bertz CT molecular complexity index is 253. The van der Waals surface area contributed by atoms with Gasteiger partial charge in [-0.2, -0.15) is 5.26 Å². The summed E-state index contributed by atoms with van der Waals surface area (Å²) >= 11 is 0. The third-order valence-electron chi connectivity index (χ3n) is 2.75. The van der Waals surface area contributed by atoms with Crippen molar-refractivity contribution in [3.63, 3.8) is 0 Å². The maximum Gasteiger partial charge on any atom is 0.239 e. The Balaban J connectivity index is 2.41. The molecule has 0 aromatic heterocycles. The van der Waals surface area contributed by atoms with Gasteiger partial charge >= 0.3 is 0 Å². The van der Waals surface area contributed by atoms with Crippen LogP contribution in [-0.2, 0) is 4.79 Å². The van der Waals surface area contributed by atoms with Crippen molar-refractivity contribution in [3.8, 4) is 6.07 Å². The van der Waals surface area contributed by atoms with Gasteiger partial charge in [-0.25, -0.2) is 0 Å². The third kappa shape index (κ3) is 3.52. The maximum absolute atomic E-state index is 11.9. The number of nitrogens with zero attached hydrogens (tertiary/aromatic N) is 2. The molecule has 1 unspecified atom stereocenters. The Morgan fingerprint density at radius 1 is 1.67 bits per heavy atom. The zero-order valence-corrected chi connectivity index (χ0v) is 9.49. The Hall–Kier alpha value is -1.08. The number of rotatable bonds is 3. The van der Waals surface area contributed by atoms with Crippen LogP contribution in [0.15, 0.2) is 0 Å². The highest BCUT2D eigenvalue weighted by Crippen LogP contribution is 2.10. The van der Waals surface area contributed by atoms with Crippen LogP contribution in [0.25, 0.3) is 0 Å². The highest BCUT2D eigenvalue weighted by Gasteiger charge is 2.24. The lowest BCUT2D eigenvalue weighted by Crippen LogP contribution is -2.48. The molecule has 1 amide bonds. The second kappa shape index (κ2) is 5.72. The fourth-order valence-corrected chi connectivity index (χ4v) is 1.87. The molecule has 0 spiro atoms. The maximum atomic E-state index is 11.9. The molecule has 84 valence electrons. The normalized spacial score (nSPS) is 22.9. The van der Waals surface area contributed by atoms with E-state index in [0.717, 1.165) is 25.8 Å². The summed E-state index contributed by atoms with van der Waals surface area (Å²) in [5.74, 6) is 0.0272. The first-order valence-electron chi connectivity index (χ1n) is 5.53. The molecule has 1 N–H and O–H groups in total. The van der Waals surface area contributed by atoms with Crippen LogP contribution in [0.1, 0.15) is 26.2 Å². The highest BCUT2D eigenvalue weighted by atomic mass is 16.2. The second-order valence-corrected chi connectivity index (χ2v) is 4.25.